The van der Waals surface area contributed by atoms with Crippen LogP contribution >= 0.6 is 0 Å². The van der Waals surface area contributed by atoms with Crippen LogP contribution in [0, 0.1) is 0 Å². The van der Waals surface area contributed by atoms with Gasteiger partial charge in [-0.05, 0) is 0 Å². The van der Waals surface area contributed by atoms with Crippen LogP contribution in [0.15, 0.2) is 0 Å². The average Bonchev–Trinajstić information content (AvgIpc) is 2.56. The Bertz CT molecular complexity index is 833. The number of halogens is 17. The Labute approximate surface area is 175 Å². The second kappa shape index (κ2) is 8.64. The highest BCUT2D eigenvalue weighted by Crippen LogP contribution is 2.63. The van der Waals surface area contributed by atoms with Crippen LogP contribution in [0.25, 0.3) is 0 Å². The molecule has 206 valence electrons. The SMILES string of the molecule is O=S(=O)(O)CC(O)COC(F)(F)C(F)(F)C(F)(F)C(F)(F)C(F)(F)C(F)(F)C(F)(F)C(F)(F)F. The first kappa shape index (κ1) is 32.6. The minimum Gasteiger partial charge on any atom is -0.390 e. The second-order valence-corrected chi connectivity index (χ2v) is 7.67. The molecule has 0 fully saturated rings. The molecule has 0 saturated carbocycles. The lowest BCUT2D eigenvalue weighted by Gasteiger charge is -2.42. The van der Waals surface area contributed by atoms with Crippen molar-refractivity contribution < 1.29 is 97.5 Å². The summed E-state index contributed by atoms with van der Waals surface area (Å²) in [5, 5.41) is 8.79. The quantitative estimate of drug-likeness (QED) is 0.286. The normalized spacial score (nSPS) is 17.1. The lowest BCUT2D eigenvalue weighted by Crippen LogP contribution is -2.74. The van der Waals surface area contributed by atoms with Gasteiger partial charge in [0.2, 0.25) is 0 Å². The number of ether oxygens (including phenoxy) is 1. The van der Waals surface area contributed by atoms with Gasteiger partial charge in [-0.1, -0.05) is 0 Å². The fraction of sp³-hybridized carbons (Fsp3) is 1.00. The average molecular weight is 574 g/mol. The topological polar surface area (TPSA) is 83.8 Å². The van der Waals surface area contributed by atoms with E-state index in [0.717, 1.165) is 0 Å². The van der Waals surface area contributed by atoms with Crippen LogP contribution in [0.3, 0.4) is 0 Å². The predicted octanol–water partition coefficient (Wildman–Crippen LogP) is 4.22. The van der Waals surface area contributed by atoms with Gasteiger partial charge < -0.3 is 9.84 Å². The zero-order valence-electron chi connectivity index (χ0n) is 14.9. The van der Waals surface area contributed by atoms with Crippen LogP contribution in [0.2, 0.25) is 0 Å². The lowest BCUT2D eigenvalue weighted by atomic mass is 9.90. The van der Waals surface area contributed by atoms with Crippen molar-refractivity contribution in [1.82, 2.24) is 0 Å². The molecule has 34 heavy (non-hydrogen) atoms. The molecule has 0 aliphatic carbocycles. The first-order chi connectivity index (χ1) is 14.4. The maximum atomic E-state index is 13.4. The van der Waals surface area contributed by atoms with Crippen LogP contribution in [0.4, 0.5) is 74.6 Å². The summed E-state index contributed by atoms with van der Waals surface area (Å²) in [4.78, 5) is 0. The third-order valence-electron chi connectivity index (χ3n) is 3.55. The van der Waals surface area contributed by atoms with E-state index in [1.165, 1.54) is 0 Å². The molecule has 0 aliphatic heterocycles. The van der Waals surface area contributed by atoms with Gasteiger partial charge in [0.05, 0.1) is 12.7 Å². The Balaban J connectivity index is 6.39. The van der Waals surface area contributed by atoms with Crippen molar-refractivity contribution in [3.63, 3.8) is 0 Å². The number of rotatable bonds is 11. The van der Waals surface area contributed by atoms with Crippen molar-refractivity contribution >= 4 is 10.1 Å². The fourth-order valence-corrected chi connectivity index (χ4v) is 2.31. The number of aliphatic hydroxyl groups excluding tert-OH is 1. The van der Waals surface area contributed by atoms with Crippen LogP contribution < -0.4 is 0 Å². The molecule has 2 N–H and O–H groups in total. The maximum absolute atomic E-state index is 13.4. The van der Waals surface area contributed by atoms with Crippen molar-refractivity contribution in [2.75, 3.05) is 12.4 Å². The summed E-state index contributed by atoms with van der Waals surface area (Å²) >= 11 is 0. The highest BCUT2D eigenvalue weighted by molar-refractivity contribution is 7.85. The second-order valence-electron chi connectivity index (χ2n) is 6.17. The smallest absolute Gasteiger partial charge is 0.390 e. The number of hydrogen-bond donors (Lipinski definition) is 2. The number of aliphatic hydroxyl groups is 1. The summed E-state index contributed by atoms with van der Waals surface area (Å²) in [6.45, 7) is -2.58. The zero-order chi connectivity index (χ0) is 28.2. The Morgan fingerprint density at radius 3 is 1.18 bits per heavy atom. The summed E-state index contributed by atoms with van der Waals surface area (Å²) in [7, 11) is -5.32. The van der Waals surface area contributed by atoms with Gasteiger partial charge in [0.25, 0.3) is 10.1 Å². The van der Waals surface area contributed by atoms with Crippen molar-refractivity contribution in [3.05, 3.63) is 0 Å². The third kappa shape index (κ3) is 5.10. The molecule has 0 heterocycles. The zero-order valence-corrected chi connectivity index (χ0v) is 15.8. The van der Waals surface area contributed by atoms with Crippen LogP contribution in [-0.4, -0.2) is 84.4 Å². The van der Waals surface area contributed by atoms with E-state index in [1.54, 1.807) is 0 Å². The maximum Gasteiger partial charge on any atom is 0.460 e. The van der Waals surface area contributed by atoms with E-state index in [1.807, 2.05) is 0 Å². The number of hydrogen-bond acceptors (Lipinski definition) is 4. The Hall–Kier alpha value is -1.36. The van der Waals surface area contributed by atoms with Crippen molar-refractivity contribution in [1.29, 1.82) is 0 Å². The summed E-state index contributed by atoms with van der Waals surface area (Å²) in [6, 6.07) is 0. The fourth-order valence-electron chi connectivity index (χ4n) is 1.73. The van der Waals surface area contributed by atoms with Gasteiger partial charge in [0, 0.05) is 0 Å². The molecule has 0 aromatic carbocycles. The molecule has 5 nitrogen and oxygen atoms in total. The van der Waals surface area contributed by atoms with E-state index < -0.39 is 76.4 Å². The van der Waals surface area contributed by atoms with E-state index >= 15 is 0 Å². The van der Waals surface area contributed by atoms with E-state index in [-0.39, 0.29) is 0 Å². The van der Waals surface area contributed by atoms with Gasteiger partial charge in [-0.15, -0.1) is 0 Å². The molecule has 1 unspecified atom stereocenters. The van der Waals surface area contributed by atoms with Gasteiger partial charge in [0.15, 0.2) is 0 Å². The largest absolute Gasteiger partial charge is 0.460 e. The first-order valence-electron chi connectivity index (χ1n) is 7.33. The van der Waals surface area contributed by atoms with Gasteiger partial charge in [-0.2, -0.15) is 83.1 Å². The minimum atomic E-state index is -8.80. The molecule has 0 aromatic heterocycles. The van der Waals surface area contributed by atoms with Crippen LogP contribution in [-0.2, 0) is 14.9 Å². The summed E-state index contributed by atoms with van der Waals surface area (Å²) in [5.41, 5.74) is 0. The van der Waals surface area contributed by atoms with Crippen molar-refractivity contribution in [3.8, 4) is 0 Å². The lowest BCUT2D eigenvalue weighted by molar-refractivity contribution is -0.478. The molecule has 0 radical (unpaired) electrons. The monoisotopic (exact) mass is 574 g/mol. The molecule has 0 aromatic rings. The van der Waals surface area contributed by atoms with Crippen LogP contribution in [0.5, 0.6) is 0 Å². The van der Waals surface area contributed by atoms with E-state index in [2.05, 4.69) is 4.74 Å². The first-order valence-corrected chi connectivity index (χ1v) is 8.94. The molecule has 23 heteroatoms. The predicted molar refractivity (Wildman–Crippen MR) is 69.1 cm³/mol. The molecule has 0 amide bonds. The Morgan fingerprint density at radius 2 is 0.882 bits per heavy atom. The minimum absolute atomic E-state index is 2.06. The Kier molecular flexibility index (Phi) is 8.29. The molecule has 0 aliphatic rings. The molecule has 1 atom stereocenters. The standard InChI is InChI=1S/C11H7F17O5S/c12-4(13,6(16,17)8(20,21)10(24,25)26)5(14,15)7(18,19)9(22,23)11(27,28)33-1-3(29)2-34(30,31)32/h3,29H,1-2H2,(H,30,31,32). The van der Waals surface area contributed by atoms with E-state index in [9.17, 15) is 83.1 Å². The molecule has 0 rings (SSSR count). The van der Waals surface area contributed by atoms with Crippen molar-refractivity contribution in [2.24, 2.45) is 0 Å². The highest BCUT2D eigenvalue weighted by atomic mass is 32.2. The number of alkyl halides is 17. The molecule has 0 saturated heterocycles. The van der Waals surface area contributed by atoms with Crippen LogP contribution in [0.1, 0.15) is 0 Å². The molecule has 0 bridgehead atoms. The van der Waals surface area contributed by atoms with Crippen molar-refractivity contribution in [2.45, 2.75) is 53.9 Å². The molecular formula is C11H7F17O5S. The van der Waals surface area contributed by atoms with E-state index in [4.69, 9.17) is 9.66 Å². The molecular weight excluding hydrogens is 567 g/mol. The third-order valence-corrected chi connectivity index (χ3v) is 4.36. The van der Waals surface area contributed by atoms with Gasteiger partial charge >= 0.3 is 47.8 Å². The highest BCUT2D eigenvalue weighted by Gasteiger charge is 2.95. The Morgan fingerprint density at radius 1 is 0.588 bits per heavy atom. The summed E-state index contributed by atoms with van der Waals surface area (Å²) in [5.74, 6) is -53.3. The van der Waals surface area contributed by atoms with Gasteiger partial charge in [0.1, 0.15) is 5.75 Å². The van der Waals surface area contributed by atoms with Gasteiger partial charge in [-0.3, -0.25) is 4.55 Å². The van der Waals surface area contributed by atoms with E-state index in [0.29, 0.717) is 0 Å². The molecule has 0 spiro atoms. The summed E-state index contributed by atoms with van der Waals surface area (Å²) in [6.07, 6.45) is -18.1. The van der Waals surface area contributed by atoms with Gasteiger partial charge in [-0.25, -0.2) is 0 Å². The summed E-state index contributed by atoms with van der Waals surface area (Å²) < 4.78 is 251.